The van der Waals surface area contributed by atoms with Crippen molar-refractivity contribution in [3.63, 3.8) is 0 Å². The van der Waals surface area contributed by atoms with Gasteiger partial charge in [0.05, 0.1) is 16.1 Å². The molecule has 0 atom stereocenters. The van der Waals surface area contributed by atoms with Crippen LogP contribution in [0.3, 0.4) is 0 Å². The van der Waals surface area contributed by atoms with Crippen molar-refractivity contribution in [2.75, 3.05) is 25.0 Å². The smallest absolute Gasteiger partial charge is 0.318 e. The summed E-state index contributed by atoms with van der Waals surface area (Å²) in [5.74, 6) is 0.275. The Morgan fingerprint density at radius 2 is 1.77 bits per heavy atom. The molecule has 156 valence electrons. The molecule has 10 nitrogen and oxygen atoms in total. The molecular weight excluding hydrogens is 410 g/mol. The SMILES string of the molecule is CNC(=O)c1cnc(N2CCC(n3c(=O)c(=O)n(C)c4cc(Cl)cnc43)CC2)nc1. The van der Waals surface area contributed by atoms with Gasteiger partial charge in [-0.15, -0.1) is 0 Å². The second kappa shape index (κ2) is 7.86. The summed E-state index contributed by atoms with van der Waals surface area (Å²) < 4.78 is 2.77. The van der Waals surface area contributed by atoms with E-state index in [9.17, 15) is 14.4 Å². The molecule has 11 heteroatoms. The first-order valence-electron chi connectivity index (χ1n) is 9.46. The monoisotopic (exact) mass is 429 g/mol. The molecule has 0 saturated carbocycles. The van der Waals surface area contributed by atoms with Gasteiger partial charge in [-0.25, -0.2) is 15.0 Å². The summed E-state index contributed by atoms with van der Waals surface area (Å²) in [7, 11) is 3.09. The number of halogens is 1. The van der Waals surface area contributed by atoms with Gasteiger partial charge in [0, 0.05) is 51.8 Å². The molecule has 0 radical (unpaired) electrons. The third-order valence-electron chi connectivity index (χ3n) is 5.35. The van der Waals surface area contributed by atoms with Crippen molar-refractivity contribution < 1.29 is 4.79 Å². The van der Waals surface area contributed by atoms with E-state index in [4.69, 9.17) is 11.6 Å². The van der Waals surface area contributed by atoms with Crippen LogP contribution in [-0.2, 0) is 7.05 Å². The molecule has 1 aliphatic heterocycles. The highest BCUT2D eigenvalue weighted by atomic mass is 35.5. The molecule has 1 saturated heterocycles. The maximum atomic E-state index is 12.7. The van der Waals surface area contributed by atoms with E-state index in [0.29, 0.717) is 53.6 Å². The van der Waals surface area contributed by atoms with Gasteiger partial charge in [0.2, 0.25) is 5.95 Å². The molecule has 1 fully saturated rings. The molecule has 4 rings (SSSR count). The van der Waals surface area contributed by atoms with Crippen molar-refractivity contribution in [3.8, 4) is 0 Å². The zero-order chi connectivity index (χ0) is 21.4. The fourth-order valence-electron chi connectivity index (χ4n) is 3.71. The summed E-state index contributed by atoms with van der Waals surface area (Å²) in [5, 5.41) is 2.93. The third kappa shape index (κ3) is 3.43. The Bertz CT molecular complexity index is 1230. The molecule has 0 bridgehead atoms. The Morgan fingerprint density at radius 1 is 1.10 bits per heavy atom. The zero-order valence-corrected chi connectivity index (χ0v) is 17.3. The third-order valence-corrected chi connectivity index (χ3v) is 5.56. The average molecular weight is 430 g/mol. The van der Waals surface area contributed by atoms with E-state index in [-0.39, 0.29) is 11.9 Å². The van der Waals surface area contributed by atoms with Crippen LogP contribution in [0.25, 0.3) is 11.2 Å². The first kappa shape index (κ1) is 20.0. The standard InChI is InChI=1S/C19H20ClN7O3/c1-21-16(28)11-8-23-19(24-9-11)26-5-3-13(4-6-26)27-15-14(7-12(20)10-22-15)25(2)17(29)18(27)30/h7-10,13H,3-6H2,1-2H3,(H,21,28). The van der Waals surface area contributed by atoms with E-state index in [1.807, 2.05) is 4.90 Å². The number of piperidine rings is 1. The number of fused-ring (bicyclic) bond motifs is 1. The van der Waals surface area contributed by atoms with E-state index >= 15 is 0 Å². The summed E-state index contributed by atoms with van der Waals surface area (Å²) in [5.41, 5.74) is 0.143. The van der Waals surface area contributed by atoms with Gasteiger partial charge >= 0.3 is 11.1 Å². The number of amides is 1. The Labute approximate surface area is 176 Å². The highest BCUT2D eigenvalue weighted by Crippen LogP contribution is 2.26. The molecule has 3 aromatic heterocycles. The van der Waals surface area contributed by atoms with E-state index in [2.05, 4.69) is 20.3 Å². The van der Waals surface area contributed by atoms with Crippen LogP contribution >= 0.6 is 11.6 Å². The molecule has 30 heavy (non-hydrogen) atoms. The number of aromatic nitrogens is 5. The molecular formula is C19H20ClN7O3. The van der Waals surface area contributed by atoms with Gasteiger partial charge in [-0.3, -0.25) is 19.0 Å². The van der Waals surface area contributed by atoms with Gasteiger partial charge in [-0.05, 0) is 18.9 Å². The Kier molecular flexibility index (Phi) is 5.25. The number of anilines is 1. The van der Waals surface area contributed by atoms with Crippen LogP contribution in [0.15, 0.2) is 34.2 Å². The molecule has 1 N–H and O–H groups in total. The van der Waals surface area contributed by atoms with Crippen molar-refractivity contribution in [2.24, 2.45) is 7.05 Å². The Balaban J connectivity index is 1.60. The van der Waals surface area contributed by atoms with Crippen molar-refractivity contribution >= 4 is 34.6 Å². The van der Waals surface area contributed by atoms with Gasteiger partial charge in [0.1, 0.15) is 0 Å². The first-order valence-corrected chi connectivity index (χ1v) is 9.84. The second-order valence-corrected chi connectivity index (χ2v) is 7.54. The first-order chi connectivity index (χ1) is 14.4. The minimum Gasteiger partial charge on any atom is -0.355 e. The van der Waals surface area contributed by atoms with Crippen LogP contribution < -0.4 is 21.3 Å². The minimum absolute atomic E-state index is 0.177. The molecule has 3 aromatic rings. The molecule has 1 amide bonds. The lowest BCUT2D eigenvalue weighted by atomic mass is 10.0. The van der Waals surface area contributed by atoms with Crippen LogP contribution in [0, 0.1) is 0 Å². The number of hydrogen-bond donors (Lipinski definition) is 1. The lowest BCUT2D eigenvalue weighted by molar-refractivity contribution is 0.0962. The normalized spacial score (nSPS) is 14.8. The van der Waals surface area contributed by atoms with Crippen LogP contribution in [0.2, 0.25) is 5.02 Å². The van der Waals surface area contributed by atoms with Gasteiger partial charge in [-0.1, -0.05) is 11.6 Å². The van der Waals surface area contributed by atoms with Gasteiger partial charge < -0.3 is 14.8 Å². The van der Waals surface area contributed by atoms with E-state index in [1.165, 1.54) is 34.8 Å². The largest absolute Gasteiger partial charge is 0.355 e. The number of rotatable bonds is 3. The fourth-order valence-corrected chi connectivity index (χ4v) is 3.87. The van der Waals surface area contributed by atoms with Gasteiger partial charge in [0.25, 0.3) is 5.91 Å². The number of pyridine rings is 1. The number of carbonyl (C=O) groups is 1. The maximum Gasteiger partial charge on any atom is 0.318 e. The minimum atomic E-state index is -0.609. The van der Waals surface area contributed by atoms with Crippen LogP contribution in [0.1, 0.15) is 29.2 Å². The topological polar surface area (TPSA) is 115 Å². The van der Waals surface area contributed by atoms with E-state index in [1.54, 1.807) is 13.1 Å². The maximum absolute atomic E-state index is 12.7. The number of hydrogen-bond acceptors (Lipinski definition) is 7. The van der Waals surface area contributed by atoms with Crippen molar-refractivity contribution in [3.05, 3.63) is 56.0 Å². The summed E-state index contributed by atoms with van der Waals surface area (Å²) in [6.07, 6.45) is 5.68. The van der Waals surface area contributed by atoms with E-state index < -0.39 is 11.1 Å². The Morgan fingerprint density at radius 3 is 2.40 bits per heavy atom. The summed E-state index contributed by atoms with van der Waals surface area (Å²) in [6, 6.07) is 1.46. The van der Waals surface area contributed by atoms with E-state index in [0.717, 1.165) is 0 Å². The number of aryl methyl sites for hydroxylation is 1. The van der Waals surface area contributed by atoms with Crippen molar-refractivity contribution in [1.29, 1.82) is 0 Å². The highest BCUT2D eigenvalue weighted by molar-refractivity contribution is 6.31. The molecule has 0 aliphatic carbocycles. The zero-order valence-electron chi connectivity index (χ0n) is 16.5. The predicted octanol–water partition coefficient (Wildman–Crippen LogP) is 0.740. The lowest BCUT2D eigenvalue weighted by Gasteiger charge is -2.33. The van der Waals surface area contributed by atoms with Crippen molar-refractivity contribution in [1.82, 2.24) is 29.4 Å². The lowest BCUT2D eigenvalue weighted by Crippen LogP contribution is -2.45. The van der Waals surface area contributed by atoms with Gasteiger partial charge in [-0.2, -0.15) is 0 Å². The molecule has 4 heterocycles. The molecule has 1 aliphatic rings. The number of nitrogens with zero attached hydrogens (tertiary/aromatic N) is 6. The quantitative estimate of drug-likeness (QED) is 0.610. The summed E-state index contributed by atoms with van der Waals surface area (Å²) in [4.78, 5) is 51.7. The summed E-state index contributed by atoms with van der Waals surface area (Å²) >= 11 is 6.04. The van der Waals surface area contributed by atoms with Gasteiger partial charge in [0.15, 0.2) is 5.65 Å². The molecule has 0 unspecified atom stereocenters. The number of carbonyl (C=O) groups excluding carboxylic acids is 1. The number of nitrogens with one attached hydrogen (secondary N) is 1. The predicted molar refractivity (Wildman–Crippen MR) is 112 cm³/mol. The van der Waals surface area contributed by atoms with Crippen LogP contribution in [0.5, 0.6) is 0 Å². The summed E-state index contributed by atoms with van der Waals surface area (Å²) in [6.45, 7) is 1.20. The second-order valence-electron chi connectivity index (χ2n) is 7.10. The van der Waals surface area contributed by atoms with Crippen molar-refractivity contribution in [2.45, 2.75) is 18.9 Å². The Hall–Kier alpha value is -3.27. The van der Waals surface area contributed by atoms with Crippen LogP contribution in [0.4, 0.5) is 5.95 Å². The average Bonchev–Trinajstić information content (AvgIpc) is 2.78. The van der Waals surface area contributed by atoms with Crippen LogP contribution in [-0.4, -0.2) is 50.1 Å². The highest BCUT2D eigenvalue weighted by Gasteiger charge is 2.26. The molecule has 0 aromatic carbocycles. The molecule has 0 spiro atoms. The fraction of sp³-hybridized carbons (Fsp3) is 0.368.